The van der Waals surface area contributed by atoms with Gasteiger partial charge in [0.2, 0.25) is 0 Å². The van der Waals surface area contributed by atoms with Crippen LogP contribution in [0.25, 0.3) is 11.1 Å². The van der Waals surface area contributed by atoms with Gasteiger partial charge in [0.1, 0.15) is 16.3 Å². The Morgan fingerprint density at radius 2 is 1.77 bits per heavy atom. The lowest BCUT2D eigenvalue weighted by Gasteiger charge is -2.11. The molecule has 0 atom stereocenters. The van der Waals surface area contributed by atoms with Gasteiger partial charge in [0.15, 0.2) is 6.61 Å². The molecule has 30 heavy (non-hydrogen) atoms. The van der Waals surface area contributed by atoms with Crippen molar-refractivity contribution in [2.75, 3.05) is 18.5 Å². The van der Waals surface area contributed by atoms with Crippen LogP contribution in [0.5, 0.6) is 5.75 Å². The van der Waals surface area contributed by atoms with E-state index in [9.17, 15) is 9.59 Å². The molecule has 1 heterocycles. The summed E-state index contributed by atoms with van der Waals surface area (Å²) < 4.78 is 10.9. The molecular weight excluding hydrogens is 398 g/mol. The summed E-state index contributed by atoms with van der Waals surface area (Å²) in [7, 11) is 0. The Bertz CT molecular complexity index is 1070. The van der Waals surface area contributed by atoms with Crippen molar-refractivity contribution in [3.05, 3.63) is 70.1 Å². The number of benzene rings is 2. The first kappa shape index (κ1) is 21.6. The minimum absolute atomic E-state index is 0.149. The number of para-hydroxylation sites is 1. The Kier molecular flexibility index (Phi) is 6.90. The van der Waals surface area contributed by atoms with Crippen molar-refractivity contribution in [2.45, 2.75) is 27.7 Å². The maximum absolute atomic E-state index is 12.7. The zero-order valence-corrected chi connectivity index (χ0v) is 18.4. The first-order valence-corrected chi connectivity index (χ1v) is 10.6. The summed E-state index contributed by atoms with van der Waals surface area (Å²) in [4.78, 5) is 25.2. The van der Waals surface area contributed by atoms with Crippen LogP contribution < -0.4 is 10.1 Å². The highest BCUT2D eigenvalue weighted by atomic mass is 32.1. The van der Waals surface area contributed by atoms with Gasteiger partial charge in [-0.05, 0) is 50.5 Å². The van der Waals surface area contributed by atoms with E-state index in [2.05, 4.69) is 11.4 Å². The number of hydrogen-bond acceptors (Lipinski definition) is 5. The van der Waals surface area contributed by atoms with Crippen molar-refractivity contribution in [2.24, 2.45) is 0 Å². The average Bonchev–Trinajstić information content (AvgIpc) is 3.10. The fourth-order valence-electron chi connectivity index (χ4n) is 3.19. The summed E-state index contributed by atoms with van der Waals surface area (Å²) in [6.07, 6.45) is 0. The SMILES string of the molecule is CCOC(=O)c1c(-c2ccc(C)cc2C)csc1NC(=O)COc1ccccc1C. The predicted molar refractivity (Wildman–Crippen MR) is 120 cm³/mol. The van der Waals surface area contributed by atoms with Crippen LogP contribution in [0.15, 0.2) is 47.8 Å². The van der Waals surface area contributed by atoms with Crippen molar-refractivity contribution < 1.29 is 19.1 Å². The van der Waals surface area contributed by atoms with E-state index in [4.69, 9.17) is 9.47 Å². The molecule has 1 amide bonds. The lowest BCUT2D eigenvalue weighted by Crippen LogP contribution is -2.21. The Morgan fingerprint density at radius 3 is 2.47 bits per heavy atom. The molecule has 1 N–H and O–H groups in total. The first-order valence-electron chi connectivity index (χ1n) is 9.75. The summed E-state index contributed by atoms with van der Waals surface area (Å²) in [5.74, 6) is -0.137. The molecule has 0 radical (unpaired) electrons. The standard InChI is InChI=1S/C24H25NO4S/c1-5-28-24(27)22-19(18-11-10-15(2)12-17(18)4)14-30-23(22)25-21(26)13-29-20-9-7-6-8-16(20)3/h6-12,14H,5,13H2,1-4H3,(H,25,26). The number of aryl methyl sites for hydroxylation is 3. The second kappa shape index (κ2) is 9.59. The lowest BCUT2D eigenvalue weighted by atomic mass is 9.97. The van der Waals surface area contributed by atoms with Gasteiger partial charge in [-0.15, -0.1) is 11.3 Å². The number of amides is 1. The van der Waals surface area contributed by atoms with E-state index in [0.29, 0.717) is 16.3 Å². The molecule has 3 rings (SSSR count). The number of carbonyl (C=O) groups excluding carboxylic acids is 2. The van der Waals surface area contributed by atoms with Crippen LogP contribution in [0.2, 0.25) is 0 Å². The van der Waals surface area contributed by atoms with E-state index in [1.54, 1.807) is 6.92 Å². The summed E-state index contributed by atoms with van der Waals surface area (Å²) in [5, 5.41) is 5.15. The van der Waals surface area contributed by atoms with Gasteiger partial charge in [0.05, 0.1) is 6.61 Å². The molecule has 0 spiro atoms. The molecular formula is C24H25NO4S. The molecule has 0 bridgehead atoms. The molecule has 0 aliphatic rings. The summed E-state index contributed by atoms with van der Waals surface area (Å²) in [5.41, 5.74) is 5.22. The Hall–Kier alpha value is -3.12. The van der Waals surface area contributed by atoms with Gasteiger partial charge in [0, 0.05) is 10.9 Å². The largest absolute Gasteiger partial charge is 0.483 e. The molecule has 0 aliphatic carbocycles. The molecule has 156 valence electrons. The number of ether oxygens (including phenoxy) is 2. The zero-order valence-electron chi connectivity index (χ0n) is 17.6. The van der Waals surface area contributed by atoms with Gasteiger partial charge in [-0.25, -0.2) is 4.79 Å². The van der Waals surface area contributed by atoms with Crippen LogP contribution >= 0.6 is 11.3 Å². The van der Waals surface area contributed by atoms with E-state index in [1.165, 1.54) is 11.3 Å². The number of nitrogens with one attached hydrogen (secondary N) is 1. The Labute approximate surface area is 180 Å². The fraction of sp³-hybridized carbons (Fsp3) is 0.250. The normalized spacial score (nSPS) is 10.5. The summed E-state index contributed by atoms with van der Waals surface area (Å²) in [6.45, 7) is 7.81. The quantitative estimate of drug-likeness (QED) is 0.507. The van der Waals surface area contributed by atoms with Crippen LogP contribution in [0, 0.1) is 20.8 Å². The van der Waals surface area contributed by atoms with Gasteiger partial charge in [0.25, 0.3) is 5.91 Å². The monoisotopic (exact) mass is 423 g/mol. The lowest BCUT2D eigenvalue weighted by molar-refractivity contribution is -0.118. The number of hydrogen-bond donors (Lipinski definition) is 1. The van der Waals surface area contributed by atoms with Crippen LogP contribution in [-0.4, -0.2) is 25.1 Å². The van der Waals surface area contributed by atoms with Crippen molar-refractivity contribution >= 4 is 28.2 Å². The second-order valence-corrected chi connectivity index (χ2v) is 7.87. The Morgan fingerprint density at radius 1 is 1.00 bits per heavy atom. The van der Waals surface area contributed by atoms with Gasteiger partial charge in [-0.2, -0.15) is 0 Å². The first-order chi connectivity index (χ1) is 14.4. The number of carbonyl (C=O) groups is 2. The maximum atomic E-state index is 12.7. The third-order valence-corrected chi connectivity index (χ3v) is 5.54. The third-order valence-electron chi connectivity index (χ3n) is 4.65. The molecule has 5 nitrogen and oxygen atoms in total. The van der Waals surface area contributed by atoms with E-state index in [-0.39, 0.29) is 19.1 Å². The molecule has 6 heteroatoms. The van der Waals surface area contributed by atoms with Gasteiger partial charge >= 0.3 is 5.97 Å². The van der Waals surface area contributed by atoms with E-state index >= 15 is 0 Å². The number of rotatable bonds is 7. The molecule has 0 unspecified atom stereocenters. The summed E-state index contributed by atoms with van der Waals surface area (Å²) in [6, 6.07) is 13.6. The minimum Gasteiger partial charge on any atom is -0.483 e. The van der Waals surface area contributed by atoms with Crippen LogP contribution in [-0.2, 0) is 9.53 Å². The van der Waals surface area contributed by atoms with Gasteiger partial charge < -0.3 is 14.8 Å². The number of anilines is 1. The van der Waals surface area contributed by atoms with Gasteiger partial charge in [-0.1, -0.05) is 42.0 Å². The smallest absolute Gasteiger partial charge is 0.341 e. The highest BCUT2D eigenvalue weighted by Crippen LogP contribution is 2.37. The maximum Gasteiger partial charge on any atom is 0.341 e. The van der Waals surface area contributed by atoms with E-state index in [0.717, 1.165) is 27.8 Å². The van der Waals surface area contributed by atoms with Crippen molar-refractivity contribution in [1.82, 2.24) is 0 Å². The molecule has 0 saturated carbocycles. The van der Waals surface area contributed by atoms with E-state index in [1.807, 2.05) is 62.5 Å². The zero-order chi connectivity index (χ0) is 21.7. The highest BCUT2D eigenvalue weighted by molar-refractivity contribution is 7.15. The molecule has 3 aromatic rings. The predicted octanol–water partition coefficient (Wildman–Crippen LogP) is 5.53. The Balaban J connectivity index is 1.85. The van der Waals surface area contributed by atoms with Crippen LogP contribution in [0.3, 0.4) is 0 Å². The minimum atomic E-state index is -0.455. The fourth-order valence-corrected chi connectivity index (χ4v) is 4.16. The molecule has 0 aliphatic heterocycles. The van der Waals surface area contributed by atoms with Crippen LogP contribution in [0.4, 0.5) is 5.00 Å². The van der Waals surface area contributed by atoms with Crippen molar-refractivity contribution in [3.8, 4) is 16.9 Å². The third kappa shape index (κ3) is 4.89. The topological polar surface area (TPSA) is 64.6 Å². The van der Waals surface area contributed by atoms with Crippen LogP contribution in [0.1, 0.15) is 34.0 Å². The highest BCUT2D eigenvalue weighted by Gasteiger charge is 2.23. The average molecular weight is 424 g/mol. The van der Waals surface area contributed by atoms with Crippen molar-refractivity contribution in [3.63, 3.8) is 0 Å². The van der Waals surface area contributed by atoms with Gasteiger partial charge in [-0.3, -0.25) is 4.79 Å². The second-order valence-electron chi connectivity index (χ2n) is 6.99. The molecule has 1 aromatic heterocycles. The molecule has 0 saturated heterocycles. The molecule has 0 fully saturated rings. The number of thiophene rings is 1. The van der Waals surface area contributed by atoms with Crippen molar-refractivity contribution in [1.29, 1.82) is 0 Å². The molecule has 2 aromatic carbocycles. The number of esters is 1. The van der Waals surface area contributed by atoms with E-state index < -0.39 is 5.97 Å². The summed E-state index contributed by atoms with van der Waals surface area (Å²) >= 11 is 1.30.